The van der Waals surface area contributed by atoms with Crippen molar-refractivity contribution >= 4 is 17.3 Å². The molecule has 1 heterocycles. The molecule has 0 saturated heterocycles. The van der Waals surface area contributed by atoms with E-state index in [0.717, 1.165) is 22.4 Å². The van der Waals surface area contributed by atoms with E-state index in [1.165, 1.54) is 12.1 Å². The zero-order chi connectivity index (χ0) is 21.2. The fraction of sp³-hybridized carbons (Fsp3) is 0.429. The van der Waals surface area contributed by atoms with Crippen LogP contribution in [0, 0.1) is 19.3 Å². The number of carbonyl (C=O) groups is 1. The number of esters is 1. The number of anilines is 2. The highest BCUT2D eigenvalue weighted by Crippen LogP contribution is 2.45. The Morgan fingerprint density at radius 1 is 1.36 bits per heavy atom. The molecule has 0 spiro atoms. The molecule has 0 aliphatic carbocycles. The molecule has 2 aromatic rings. The Morgan fingerprint density at radius 3 is 2.54 bits per heavy atom. The average molecular weight is 386 g/mol. The fourth-order valence-corrected chi connectivity index (χ4v) is 3.63. The van der Waals surface area contributed by atoms with Crippen LogP contribution in [-0.2, 0) is 16.1 Å². The van der Waals surface area contributed by atoms with Crippen molar-refractivity contribution in [1.82, 2.24) is 4.98 Å². The maximum Gasteiger partial charge on any atom is 0.312 e. The second-order valence-corrected chi connectivity index (χ2v) is 7.64. The summed E-state index contributed by atoms with van der Waals surface area (Å²) >= 11 is 0. The van der Waals surface area contributed by atoms with Crippen molar-refractivity contribution in [2.45, 2.75) is 40.2 Å². The van der Waals surface area contributed by atoms with Crippen molar-refractivity contribution in [3.63, 3.8) is 0 Å². The van der Waals surface area contributed by atoms with Gasteiger partial charge >= 0.3 is 5.97 Å². The van der Waals surface area contributed by atoms with Gasteiger partial charge < -0.3 is 20.6 Å². The van der Waals surface area contributed by atoms with E-state index in [1.807, 2.05) is 45.9 Å². The van der Waals surface area contributed by atoms with Gasteiger partial charge in [-0.25, -0.2) is 5.84 Å². The standard InChI is InChI=1S/C21H30N4O3/c1-12-16(7-8-17(19(12)22)25(5)23)18(21(3,4)20(27)28-6)14-9-15(11-26)13(2)24-10-14/h7-10,18,26H,11,22-23H2,1-6H3. The fourth-order valence-electron chi connectivity index (χ4n) is 3.63. The van der Waals surface area contributed by atoms with Gasteiger partial charge in [0.25, 0.3) is 0 Å². The van der Waals surface area contributed by atoms with Crippen LogP contribution in [0.2, 0.25) is 0 Å². The smallest absolute Gasteiger partial charge is 0.312 e. The van der Waals surface area contributed by atoms with E-state index in [2.05, 4.69) is 4.98 Å². The summed E-state index contributed by atoms with van der Waals surface area (Å²) in [4.78, 5) is 17.1. The number of hydrazine groups is 1. The number of benzene rings is 1. The molecule has 1 unspecified atom stereocenters. The Balaban J connectivity index is 2.77. The lowest BCUT2D eigenvalue weighted by Crippen LogP contribution is -2.34. The molecule has 7 nitrogen and oxygen atoms in total. The van der Waals surface area contributed by atoms with Gasteiger partial charge in [0.1, 0.15) is 0 Å². The summed E-state index contributed by atoms with van der Waals surface area (Å²) in [7, 11) is 3.10. The molecule has 152 valence electrons. The number of ether oxygens (including phenoxy) is 1. The molecule has 0 aliphatic heterocycles. The van der Waals surface area contributed by atoms with E-state index in [0.29, 0.717) is 16.9 Å². The largest absolute Gasteiger partial charge is 0.469 e. The Bertz CT molecular complexity index is 878. The molecule has 0 aliphatic rings. The minimum Gasteiger partial charge on any atom is -0.469 e. The number of aromatic nitrogens is 1. The molecule has 0 bridgehead atoms. The zero-order valence-electron chi connectivity index (χ0n) is 17.4. The van der Waals surface area contributed by atoms with Crippen LogP contribution in [0.1, 0.15) is 47.7 Å². The molecular weight excluding hydrogens is 356 g/mol. The van der Waals surface area contributed by atoms with Crippen LogP contribution < -0.4 is 16.6 Å². The lowest BCUT2D eigenvalue weighted by atomic mass is 9.70. The van der Waals surface area contributed by atoms with E-state index in [4.69, 9.17) is 16.3 Å². The van der Waals surface area contributed by atoms with Crippen molar-refractivity contribution in [3.8, 4) is 0 Å². The number of hydrogen-bond donors (Lipinski definition) is 3. The number of pyridine rings is 1. The second-order valence-electron chi connectivity index (χ2n) is 7.64. The number of carbonyl (C=O) groups excluding carboxylic acids is 1. The summed E-state index contributed by atoms with van der Waals surface area (Å²) < 4.78 is 5.08. The van der Waals surface area contributed by atoms with Crippen LogP contribution >= 0.6 is 0 Å². The maximum absolute atomic E-state index is 12.7. The number of nitrogens with two attached hydrogens (primary N) is 2. The minimum absolute atomic E-state index is 0.129. The number of aliphatic hydroxyl groups excluding tert-OH is 1. The van der Waals surface area contributed by atoms with Crippen LogP contribution in [0.3, 0.4) is 0 Å². The quantitative estimate of drug-likeness (QED) is 0.302. The summed E-state index contributed by atoms with van der Waals surface area (Å²) in [6.45, 7) is 7.29. The number of nitrogens with zero attached hydrogens (tertiary/aromatic N) is 2. The summed E-state index contributed by atoms with van der Waals surface area (Å²) in [5.74, 6) is 5.15. The van der Waals surface area contributed by atoms with E-state index in [9.17, 15) is 9.90 Å². The first-order valence-electron chi connectivity index (χ1n) is 9.08. The lowest BCUT2D eigenvalue weighted by molar-refractivity contribution is -0.151. The van der Waals surface area contributed by atoms with Gasteiger partial charge in [-0.05, 0) is 62.1 Å². The van der Waals surface area contributed by atoms with Gasteiger partial charge in [0.2, 0.25) is 0 Å². The Kier molecular flexibility index (Phi) is 6.31. The number of rotatable bonds is 6. The molecule has 0 saturated carbocycles. The number of nitrogen functional groups attached to an aromatic ring is 1. The first kappa shape index (κ1) is 21.7. The Labute approximate surface area is 166 Å². The van der Waals surface area contributed by atoms with Crippen molar-refractivity contribution < 1.29 is 14.6 Å². The molecule has 0 fully saturated rings. The predicted molar refractivity (Wildman–Crippen MR) is 111 cm³/mol. The molecule has 5 N–H and O–H groups in total. The summed E-state index contributed by atoms with van der Waals surface area (Å²) in [5, 5.41) is 11.1. The number of aryl methyl sites for hydroxylation is 1. The SMILES string of the molecule is COC(=O)C(C)(C)C(c1cnc(C)c(CO)c1)c1ccc(N(C)N)c(N)c1C. The molecule has 0 amide bonds. The zero-order valence-corrected chi connectivity index (χ0v) is 17.4. The topological polar surface area (TPSA) is 115 Å². The first-order valence-corrected chi connectivity index (χ1v) is 9.08. The highest BCUT2D eigenvalue weighted by atomic mass is 16.5. The Hall–Kier alpha value is -2.64. The monoisotopic (exact) mass is 386 g/mol. The predicted octanol–water partition coefficient (Wildman–Crippen LogP) is 2.41. The number of aliphatic hydroxyl groups is 1. The highest BCUT2D eigenvalue weighted by Gasteiger charge is 2.41. The van der Waals surface area contributed by atoms with Crippen LogP contribution in [0.5, 0.6) is 0 Å². The summed E-state index contributed by atoms with van der Waals surface area (Å²) in [5.41, 5.74) is 10.7. The highest BCUT2D eigenvalue weighted by molar-refractivity contribution is 5.79. The van der Waals surface area contributed by atoms with Crippen molar-refractivity contribution in [2.75, 3.05) is 24.9 Å². The number of hydrogen-bond acceptors (Lipinski definition) is 7. The summed E-state index contributed by atoms with van der Waals surface area (Å²) in [6, 6.07) is 5.65. The summed E-state index contributed by atoms with van der Waals surface area (Å²) in [6.07, 6.45) is 1.74. The molecule has 0 radical (unpaired) electrons. The maximum atomic E-state index is 12.7. The molecule has 2 rings (SSSR count). The average Bonchev–Trinajstić information content (AvgIpc) is 2.65. The molecule has 1 aromatic carbocycles. The van der Waals surface area contributed by atoms with Gasteiger partial charge in [-0.3, -0.25) is 9.78 Å². The van der Waals surface area contributed by atoms with Crippen molar-refractivity contribution in [1.29, 1.82) is 0 Å². The van der Waals surface area contributed by atoms with Crippen LogP contribution in [0.4, 0.5) is 11.4 Å². The van der Waals surface area contributed by atoms with E-state index >= 15 is 0 Å². The van der Waals surface area contributed by atoms with Crippen LogP contribution in [0.25, 0.3) is 0 Å². The third-order valence-electron chi connectivity index (χ3n) is 5.37. The van der Waals surface area contributed by atoms with Crippen molar-refractivity contribution in [2.24, 2.45) is 11.3 Å². The van der Waals surface area contributed by atoms with E-state index in [-0.39, 0.29) is 18.5 Å². The first-order chi connectivity index (χ1) is 13.1. The van der Waals surface area contributed by atoms with Gasteiger partial charge in [-0.15, -0.1) is 0 Å². The molecular formula is C21H30N4O3. The van der Waals surface area contributed by atoms with Gasteiger partial charge in [-0.1, -0.05) is 6.07 Å². The van der Waals surface area contributed by atoms with Gasteiger partial charge in [0.05, 0.1) is 30.5 Å². The number of methoxy groups -OCH3 is 1. The van der Waals surface area contributed by atoms with Gasteiger partial charge in [-0.2, -0.15) is 0 Å². The van der Waals surface area contributed by atoms with Crippen LogP contribution in [0.15, 0.2) is 24.4 Å². The lowest BCUT2D eigenvalue weighted by Gasteiger charge is -2.34. The van der Waals surface area contributed by atoms with E-state index in [1.54, 1.807) is 13.2 Å². The third-order valence-corrected chi connectivity index (χ3v) is 5.37. The molecule has 1 atom stereocenters. The molecule has 1 aromatic heterocycles. The Morgan fingerprint density at radius 2 is 2.00 bits per heavy atom. The van der Waals surface area contributed by atoms with Gasteiger partial charge in [0, 0.05) is 24.9 Å². The second kappa shape index (κ2) is 8.16. The normalized spacial score (nSPS) is 12.6. The van der Waals surface area contributed by atoms with Crippen molar-refractivity contribution in [3.05, 3.63) is 52.3 Å². The molecule has 7 heteroatoms. The van der Waals surface area contributed by atoms with E-state index < -0.39 is 5.41 Å². The third kappa shape index (κ3) is 3.81. The van der Waals surface area contributed by atoms with Crippen LogP contribution in [-0.4, -0.2) is 30.2 Å². The minimum atomic E-state index is -0.897. The molecule has 28 heavy (non-hydrogen) atoms. The van der Waals surface area contributed by atoms with Gasteiger partial charge in [0.15, 0.2) is 0 Å².